The Kier molecular flexibility index (Phi) is 7.58. The second kappa shape index (κ2) is 8.67. The molecule has 0 saturated carbocycles. The summed E-state index contributed by atoms with van der Waals surface area (Å²) in [6, 6.07) is 3.61. The average molecular weight is 485 g/mol. The van der Waals surface area contributed by atoms with Crippen LogP contribution in [0, 0.1) is 0 Å². The molecule has 0 bridgehead atoms. The van der Waals surface area contributed by atoms with Crippen LogP contribution in [0.15, 0.2) is 38.2 Å². The van der Waals surface area contributed by atoms with E-state index in [1.807, 2.05) is 0 Å². The fraction of sp³-hybridized carbons (Fsp3) is 0.231. The standard InChI is InChI=1S/C13H13Br3N2O3/c1-2-3-18(7-12(20)21)6-11(19)17-13-9(15)4-8(14)5-10(13)16/h2,4-5H,1,3,6-7H2,(H,17,19)(H,20,21). The summed E-state index contributed by atoms with van der Waals surface area (Å²) in [5.41, 5.74) is 0.595. The van der Waals surface area contributed by atoms with Crippen molar-refractivity contribution < 1.29 is 14.7 Å². The molecule has 0 spiro atoms. The van der Waals surface area contributed by atoms with Crippen LogP contribution in [0.2, 0.25) is 0 Å². The van der Waals surface area contributed by atoms with Crippen LogP contribution in [0.25, 0.3) is 0 Å². The number of amides is 1. The fourth-order valence-corrected chi connectivity index (χ4v) is 4.06. The van der Waals surface area contributed by atoms with Gasteiger partial charge in [0.05, 0.1) is 18.8 Å². The Labute approximate surface area is 147 Å². The number of nitrogens with one attached hydrogen (secondary N) is 1. The molecule has 0 radical (unpaired) electrons. The number of carbonyl (C=O) groups is 2. The lowest BCUT2D eigenvalue weighted by atomic mass is 10.3. The number of aliphatic carboxylic acids is 1. The lowest BCUT2D eigenvalue weighted by Crippen LogP contribution is -2.37. The van der Waals surface area contributed by atoms with E-state index in [0.717, 1.165) is 4.47 Å². The number of rotatable bonds is 7. The SMILES string of the molecule is C=CCN(CC(=O)O)CC(=O)Nc1c(Br)cc(Br)cc1Br. The molecule has 0 saturated heterocycles. The second-order valence-corrected chi connectivity index (χ2v) is 6.77. The van der Waals surface area contributed by atoms with E-state index in [1.165, 1.54) is 4.90 Å². The van der Waals surface area contributed by atoms with Crippen LogP contribution in [-0.2, 0) is 9.59 Å². The van der Waals surface area contributed by atoms with Crippen molar-refractivity contribution in [2.45, 2.75) is 0 Å². The van der Waals surface area contributed by atoms with Gasteiger partial charge in [-0.05, 0) is 44.0 Å². The molecule has 0 aromatic heterocycles. The molecule has 0 atom stereocenters. The van der Waals surface area contributed by atoms with E-state index >= 15 is 0 Å². The van der Waals surface area contributed by atoms with Gasteiger partial charge in [-0.15, -0.1) is 6.58 Å². The zero-order chi connectivity index (χ0) is 16.0. The van der Waals surface area contributed by atoms with Gasteiger partial charge in [0.15, 0.2) is 0 Å². The van der Waals surface area contributed by atoms with Gasteiger partial charge < -0.3 is 10.4 Å². The smallest absolute Gasteiger partial charge is 0.317 e. The lowest BCUT2D eigenvalue weighted by Gasteiger charge is -2.18. The second-order valence-electron chi connectivity index (χ2n) is 4.14. The van der Waals surface area contributed by atoms with Crippen molar-refractivity contribution >= 4 is 65.4 Å². The number of benzene rings is 1. The van der Waals surface area contributed by atoms with Crippen molar-refractivity contribution in [1.29, 1.82) is 0 Å². The summed E-state index contributed by atoms with van der Waals surface area (Å²) in [6.07, 6.45) is 1.56. The summed E-state index contributed by atoms with van der Waals surface area (Å²) in [4.78, 5) is 24.3. The predicted molar refractivity (Wildman–Crippen MR) is 92.4 cm³/mol. The number of hydrogen-bond acceptors (Lipinski definition) is 3. The first-order valence-corrected chi connectivity index (χ1v) is 8.20. The minimum atomic E-state index is -0.990. The molecule has 0 fully saturated rings. The highest BCUT2D eigenvalue weighted by molar-refractivity contribution is 9.11. The summed E-state index contributed by atoms with van der Waals surface area (Å²) in [5.74, 6) is -1.29. The van der Waals surface area contributed by atoms with Crippen molar-refractivity contribution in [2.75, 3.05) is 25.0 Å². The molecule has 1 rings (SSSR count). The van der Waals surface area contributed by atoms with Gasteiger partial charge in [-0.3, -0.25) is 14.5 Å². The van der Waals surface area contributed by atoms with Gasteiger partial charge in [0.2, 0.25) is 5.91 Å². The van der Waals surface area contributed by atoms with Crippen LogP contribution in [0.1, 0.15) is 0 Å². The summed E-state index contributed by atoms with van der Waals surface area (Å²) in [7, 11) is 0. The highest BCUT2D eigenvalue weighted by atomic mass is 79.9. The van der Waals surface area contributed by atoms with E-state index in [4.69, 9.17) is 5.11 Å². The quantitative estimate of drug-likeness (QED) is 0.581. The minimum absolute atomic E-state index is 0.0345. The van der Waals surface area contributed by atoms with Gasteiger partial charge in [-0.1, -0.05) is 22.0 Å². The van der Waals surface area contributed by atoms with Gasteiger partial charge in [-0.25, -0.2) is 0 Å². The van der Waals surface area contributed by atoms with Crippen LogP contribution in [0.5, 0.6) is 0 Å². The number of halogens is 3. The molecule has 8 heteroatoms. The van der Waals surface area contributed by atoms with E-state index in [2.05, 4.69) is 59.7 Å². The monoisotopic (exact) mass is 482 g/mol. The van der Waals surface area contributed by atoms with Gasteiger partial charge in [0.1, 0.15) is 0 Å². The number of carboxylic acids is 1. The van der Waals surface area contributed by atoms with Gasteiger partial charge >= 0.3 is 5.97 Å². The fourth-order valence-electron chi connectivity index (χ4n) is 1.60. The summed E-state index contributed by atoms with van der Waals surface area (Å²) < 4.78 is 2.29. The molecular formula is C13H13Br3N2O3. The normalized spacial score (nSPS) is 10.5. The molecule has 1 aromatic rings. The maximum Gasteiger partial charge on any atom is 0.317 e. The molecule has 0 aliphatic carbocycles. The van der Waals surface area contributed by atoms with E-state index in [9.17, 15) is 9.59 Å². The van der Waals surface area contributed by atoms with Crippen molar-refractivity contribution in [1.82, 2.24) is 4.90 Å². The number of carboxylic acid groups (broad SMARTS) is 1. The Morgan fingerprint density at radius 1 is 1.24 bits per heavy atom. The van der Waals surface area contributed by atoms with Gasteiger partial charge in [0.25, 0.3) is 0 Å². The first-order chi connectivity index (χ1) is 9.83. The molecule has 0 aliphatic heterocycles. The maximum atomic E-state index is 12.0. The number of anilines is 1. The van der Waals surface area contributed by atoms with E-state index < -0.39 is 5.97 Å². The van der Waals surface area contributed by atoms with Gasteiger partial charge in [-0.2, -0.15) is 0 Å². The third-order valence-corrected chi connectivity index (χ3v) is 4.09. The molecular weight excluding hydrogens is 472 g/mol. The first kappa shape index (κ1) is 18.3. The first-order valence-electron chi connectivity index (χ1n) is 5.83. The molecule has 2 N–H and O–H groups in total. The minimum Gasteiger partial charge on any atom is -0.480 e. The van der Waals surface area contributed by atoms with Gasteiger partial charge in [0, 0.05) is 20.0 Å². The Morgan fingerprint density at radius 3 is 2.29 bits per heavy atom. The number of hydrogen-bond donors (Lipinski definition) is 2. The van der Waals surface area contributed by atoms with Crippen LogP contribution in [0.4, 0.5) is 5.69 Å². The zero-order valence-corrected chi connectivity index (χ0v) is 15.7. The van der Waals surface area contributed by atoms with Crippen molar-refractivity contribution in [3.05, 3.63) is 38.2 Å². The predicted octanol–water partition coefficient (Wildman–Crippen LogP) is 3.49. The van der Waals surface area contributed by atoms with Crippen molar-refractivity contribution in [3.63, 3.8) is 0 Å². The molecule has 0 heterocycles. The van der Waals surface area contributed by atoms with E-state index in [0.29, 0.717) is 21.2 Å². The molecule has 114 valence electrons. The highest BCUT2D eigenvalue weighted by Crippen LogP contribution is 2.34. The molecule has 0 unspecified atom stereocenters. The van der Waals surface area contributed by atoms with E-state index in [1.54, 1.807) is 18.2 Å². The van der Waals surface area contributed by atoms with Crippen LogP contribution in [0.3, 0.4) is 0 Å². The average Bonchev–Trinajstić information content (AvgIpc) is 2.33. The third kappa shape index (κ3) is 6.29. The molecule has 5 nitrogen and oxygen atoms in total. The Morgan fingerprint density at radius 2 is 1.81 bits per heavy atom. The van der Waals surface area contributed by atoms with Crippen LogP contribution >= 0.6 is 47.8 Å². The Hall–Kier alpha value is -0.700. The molecule has 0 aliphatic rings. The highest BCUT2D eigenvalue weighted by Gasteiger charge is 2.15. The summed E-state index contributed by atoms with van der Waals surface area (Å²) in [5, 5.41) is 11.5. The van der Waals surface area contributed by atoms with Crippen molar-refractivity contribution in [2.24, 2.45) is 0 Å². The number of nitrogens with zero attached hydrogens (tertiary/aromatic N) is 1. The third-order valence-electron chi connectivity index (χ3n) is 2.38. The summed E-state index contributed by atoms with van der Waals surface area (Å²) in [6.45, 7) is 3.62. The zero-order valence-electron chi connectivity index (χ0n) is 10.9. The topological polar surface area (TPSA) is 69.6 Å². The molecule has 1 aromatic carbocycles. The molecule has 21 heavy (non-hydrogen) atoms. The molecule has 1 amide bonds. The Balaban J connectivity index is 2.76. The van der Waals surface area contributed by atoms with Crippen LogP contribution in [-0.4, -0.2) is 41.5 Å². The summed E-state index contributed by atoms with van der Waals surface area (Å²) >= 11 is 10.1. The maximum absolute atomic E-state index is 12.0. The Bertz CT molecular complexity index is 541. The van der Waals surface area contributed by atoms with Crippen LogP contribution < -0.4 is 5.32 Å². The van der Waals surface area contributed by atoms with Crippen molar-refractivity contribution in [3.8, 4) is 0 Å². The number of carbonyl (C=O) groups excluding carboxylic acids is 1. The largest absolute Gasteiger partial charge is 0.480 e. The van der Waals surface area contributed by atoms with E-state index in [-0.39, 0.29) is 19.0 Å². The lowest BCUT2D eigenvalue weighted by molar-refractivity contribution is -0.138.